The van der Waals surface area contributed by atoms with Crippen molar-refractivity contribution >= 4 is 23.7 Å². The normalized spacial score (nSPS) is 10.6. The van der Waals surface area contributed by atoms with E-state index in [1.165, 1.54) is 12.3 Å². The van der Waals surface area contributed by atoms with Crippen LogP contribution in [0.3, 0.4) is 0 Å². The maximum Gasteiger partial charge on any atom is 0.277 e. The molecule has 0 bridgehead atoms. The molecule has 2 aromatic rings. The monoisotopic (exact) mass is 362 g/mol. The Kier molecular flexibility index (Phi) is 7.10. The standard InChI is InChI=1S/C18H19ClN2O4/c1-2-9-24-16-6-3-13(17(22)10-16)11-20-21-18(23)12-25-15-7-4-14(19)5-8-15/h3-8,10-11,22H,2,9,12H2,1H3,(H,21,23)/b20-11+. The zero-order valence-electron chi connectivity index (χ0n) is 13.7. The maximum atomic E-state index is 11.7. The minimum Gasteiger partial charge on any atom is -0.507 e. The summed E-state index contributed by atoms with van der Waals surface area (Å²) in [5.41, 5.74) is 2.79. The lowest BCUT2D eigenvalue weighted by Crippen LogP contribution is -2.24. The molecular formula is C18H19ClN2O4. The van der Waals surface area contributed by atoms with Crippen LogP contribution < -0.4 is 14.9 Å². The zero-order chi connectivity index (χ0) is 18.1. The van der Waals surface area contributed by atoms with Crippen molar-refractivity contribution in [2.75, 3.05) is 13.2 Å². The lowest BCUT2D eigenvalue weighted by atomic mass is 10.2. The molecule has 0 heterocycles. The lowest BCUT2D eigenvalue weighted by Gasteiger charge is -2.06. The molecule has 0 radical (unpaired) electrons. The molecule has 0 aromatic heterocycles. The number of nitrogens with one attached hydrogen (secondary N) is 1. The minimum absolute atomic E-state index is 0.0176. The third-order valence-corrected chi connectivity index (χ3v) is 3.30. The number of amides is 1. The van der Waals surface area contributed by atoms with Crippen LogP contribution in [0, 0.1) is 0 Å². The van der Waals surface area contributed by atoms with Crippen LogP contribution in [0.2, 0.25) is 5.02 Å². The van der Waals surface area contributed by atoms with E-state index in [1.54, 1.807) is 36.4 Å². The van der Waals surface area contributed by atoms with E-state index in [0.29, 0.717) is 28.7 Å². The van der Waals surface area contributed by atoms with E-state index in [2.05, 4.69) is 10.5 Å². The zero-order valence-corrected chi connectivity index (χ0v) is 14.5. The molecule has 0 atom stereocenters. The number of phenols is 1. The first-order valence-corrected chi connectivity index (χ1v) is 8.12. The highest BCUT2D eigenvalue weighted by Gasteiger charge is 2.03. The van der Waals surface area contributed by atoms with Gasteiger partial charge in [-0.1, -0.05) is 18.5 Å². The number of carbonyl (C=O) groups is 1. The highest BCUT2D eigenvalue weighted by atomic mass is 35.5. The Morgan fingerprint density at radius 1 is 1.20 bits per heavy atom. The van der Waals surface area contributed by atoms with Gasteiger partial charge in [0.1, 0.15) is 17.2 Å². The van der Waals surface area contributed by atoms with E-state index in [4.69, 9.17) is 21.1 Å². The summed E-state index contributed by atoms with van der Waals surface area (Å²) >= 11 is 5.77. The summed E-state index contributed by atoms with van der Waals surface area (Å²) in [4.78, 5) is 11.7. The molecule has 0 fully saturated rings. The van der Waals surface area contributed by atoms with Crippen molar-refractivity contribution in [1.82, 2.24) is 5.43 Å². The van der Waals surface area contributed by atoms with Crippen LogP contribution in [-0.2, 0) is 4.79 Å². The van der Waals surface area contributed by atoms with Gasteiger partial charge in [-0.2, -0.15) is 5.10 Å². The summed E-state index contributed by atoms with van der Waals surface area (Å²) in [7, 11) is 0. The van der Waals surface area contributed by atoms with E-state index in [9.17, 15) is 9.90 Å². The quantitative estimate of drug-likeness (QED) is 0.557. The van der Waals surface area contributed by atoms with Gasteiger partial charge in [0.15, 0.2) is 6.61 Å². The lowest BCUT2D eigenvalue weighted by molar-refractivity contribution is -0.123. The third kappa shape index (κ3) is 6.35. The Hall–Kier alpha value is -2.73. The molecule has 2 N–H and O–H groups in total. The highest BCUT2D eigenvalue weighted by Crippen LogP contribution is 2.22. The molecular weight excluding hydrogens is 344 g/mol. The predicted molar refractivity (Wildman–Crippen MR) is 96.6 cm³/mol. The first kappa shape index (κ1) is 18.6. The maximum absolute atomic E-state index is 11.7. The second kappa shape index (κ2) is 9.54. The number of hydrogen-bond acceptors (Lipinski definition) is 5. The van der Waals surface area contributed by atoms with E-state index < -0.39 is 5.91 Å². The molecule has 1 amide bonds. The van der Waals surface area contributed by atoms with Gasteiger partial charge in [0.25, 0.3) is 5.91 Å². The minimum atomic E-state index is -0.423. The molecule has 0 saturated carbocycles. The smallest absolute Gasteiger partial charge is 0.277 e. The van der Waals surface area contributed by atoms with Gasteiger partial charge in [-0.25, -0.2) is 5.43 Å². The molecule has 2 aromatic carbocycles. The van der Waals surface area contributed by atoms with Crippen LogP contribution in [0.15, 0.2) is 47.6 Å². The number of hydrazone groups is 1. The third-order valence-electron chi connectivity index (χ3n) is 3.05. The SMILES string of the molecule is CCCOc1ccc(/C=N/NC(=O)COc2ccc(Cl)cc2)c(O)c1. The van der Waals surface area contributed by atoms with Crippen molar-refractivity contribution in [2.45, 2.75) is 13.3 Å². The fourth-order valence-corrected chi connectivity index (χ4v) is 1.95. The number of hydrogen-bond donors (Lipinski definition) is 2. The largest absolute Gasteiger partial charge is 0.507 e. The second-order valence-electron chi connectivity index (χ2n) is 5.10. The van der Waals surface area contributed by atoms with Crippen LogP contribution >= 0.6 is 11.6 Å². The summed E-state index contributed by atoms with van der Waals surface area (Å²) in [6, 6.07) is 11.6. The van der Waals surface area contributed by atoms with Gasteiger partial charge in [0, 0.05) is 16.7 Å². The predicted octanol–water partition coefficient (Wildman–Crippen LogP) is 3.36. The van der Waals surface area contributed by atoms with Crippen molar-refractivity contribution in [2.24, 2.45) is 5.10 Å². The first-order valence-electron chi connectivity index (χ1n) is 7.74. The van der Waals surface area contributed by atoms with Crippen molar-refractivity contribution in [3.63, 3.8) is 0 Å². The average molecular weight is 363 g/mol. The molecule has 0 saturated heterocycles. The summed E-state index contributed by atoms with van der Waals surface area (Å²) < 4.78 is 10.7. The van der Waals surface area contributed by atoms with Crippen molar-refractivity contribution in [3.8, 4) is 17.2 Å². The molecule has 6 nitrogen and oxygen atoms in total. The van der Waals surface area contributed by atoms with Gasteiger partial charge in [-0.3, -0.25) is 4.79 Å². The van der Waals surface area contributed by atoms with Gasteiger partial charge in [-0.15, -0.1) is 0 Å². The van der Waals surface area contributed by atoms with Gasteiger partial charge < -0.3 is 14.6 Å². The van der Waals surface area contributed by atoms with Crippen LogP contribution in [-0.4, -0.2) is 30.4 Å². The van der Waals surface area contributed by atoms with Crippen LogP contribution in [0.25, 0.3) is 0 Å². The second-order valence-corrected chi connectivity index (χ2v) is 5.54. The molecule has 132 valence electrons. The molecule has 0 aliphatic heterocycles. The first-order chi connectivity index (χ1) is 12.1. The van der Waals surface area contributed by atoms with Crippen LogP contribution in [0.4, 0.5) is 0 Å². The number of halogens is 1. The number of benzene rings is 2. The topological polar surface area (TPSA) is 80.2 Å². The van der Waals surface area contributed by atoms with E-state index in [1.807, 2.05) is 6.92 Å². The number of nitrogens with zero attached hydrogens (tertiary/aromatic N) is 1. The Morgan fingerprint density at radius 3 is 2.60 bits per heavy atom. The number of aromatic hydroxyl groups is 1. The van der Waals surface area contributed by atoms with E-state index in [-0.39, 0.29) is 12.4 Å². The Bertz CT molecular complexity index is 732. The summed E-state index contributed by atoms with van der Waals surface area (Å²) in [6.45, 7) is 2.39. The van der Waals surface area contributed by atoms with Gasteiger partial charge in [0.2, 0.25) is 0 Å². The fraction of sp³-hybridized carbons (Fsp3) is 0.222. The highest BCUT2D eigenvalue weighted by molar-refractivity contribution is 6.30. The van der Waals surface area contributed by atoms with Crippen LogP contribution in [0.1, 0.15) is 18.9 Å². The summed E-state index contributed by atoms with van der Waals surface area (Å²) in [6.07, 6.45) is 2.23. The van der Waals surface area contributed by atoms with Gasteiger partial charge in [-0.05, 0) is 42.8 Å². The molecule has 25 heavy (non-hydrogen) atoms. The van der Waals surface area contributed by atoms with Gasteiger partial charge in [0.05, 0.1) is 12.8 Å². The summed E-state index contributed by atoms with van der Waals surface area (Å²) in [5.74, 6) is 0.707. The Balaban J connectivity index is 1.81. The fourth-order valence-electron chi connectivity index (χ4n) is 1.83. The van der Waals surface area contributed by atoms with Crippen molar-refractivity contribution in [1.29, 1.82) is 0 Å². The summed E-state index contributed by atoms with van der Waals surface area (Å²) in [5, 5.41) is 14.3. The average Bonchev–Trinajstić information content (AvgIpc) is 2.61. The number of rotatable bonds is 8. The number of ether oxygens (including phenoxy) is 2. The Labute approximate surface area is 151 Å². The molecule has 0 spiro atoms. The molecule has 0 aliphatic rings. The molecule has 0 aliphatic carbocycles. The molecule has 7 heteroatoms. The van der Waals surface area contributed by atoms with Crippen molar-refractivity contribution < 1.29 is 19.4 Å². The van der Waals surface area contributed by atoms with Crippen molar-refractivity contribution in [3.05, 3.63) is 53.1 Å². The van der Waals surface area contributed by atoms with E-state index >= 15 is 0 Å². The van der Waals surface area contributed by atoms with E-state index in [0.717, 1.165) is 6.42 Å². The Morgan fingerprint density at radius 2 is 1.92 bits per heavy atom. The number of carbonyl (C=O) groups excluding carboxylic acids is 1. The van der Waals surface area contributed by atoms with Gasteiger partial charge >= 0.3 is 0 Å². The van der Waals surface area contributed by atoms with Crippen LogP contribution in [0.5, 0.6) is 17.2 Å². The molecule has 0 unspecified atom stereocenters. The molecule has 2 rings (SSSR count). The number of phenolic OH excluding ortho intramolecular Hbond substituents is 1.